The molecule has 3 rings (SSSR count). The minimum Gasteiger partial charge on any atom is -0.391 e. The molecule has 1 aliphatic rings. The Morgan fingerprint density at radius 3 is 2.57 bits per heavy atom. The van der Waals surface area contributed by atoms with E-state index in [4.69, 9.17) is 10.5 Å². The molecule has 3 atom stereocenters. The van der Waals surface area contributed by atoms with Crippen LogP contribution in [0.4, 0.5) is 0 Å². The molecule has 0 aliphatic carbocycles. The van der Waals surface area contributed by atoms with Gasteiger partial charge in [0, 0.05) is 26.1 Å². The van der Waals surface area contributed by atoms with Crippen LogP contribution in [-0.4, -0.2) is 77.2 Å². The fraction of sp³-hybridized carbons (Fsp3) is 0.538. The van der Waals surface area contributed by atoms with Crippen molar-refractivity contribution < 1.29 is 24.2 Å². The fourth-order valence-electron chi connectivity index (χ4n) is 4.23. The van der Waals surface area contributed by atoms with Gasteiger partial charge >= 0.3 is 0 Å². The van der Waals surface area contributed by atoms with Gasteiger partial charge in [-0.05, 0) is 23.5 Å². The smallest absolute Gasteiger partial charge is 0.246 e. The van der Waals surface area contributed by atoms with Crippen molar-refractivity contribution >= 4 is 29.1 Å². The van der Waals surface area contributed by atoms with Crippen molar-refractivity contribution in [3.05, 3.63) is 41.0 Å². The Labute approximate surface area is 221 Å². The number of nitrogens with one attached hydrogen (secondary N) is 2. The van der Waals surface area contributed by atoms with E-state index in [-0.39, 0.29) is 45.2 Å². The molecule has 5 N–H and O–H groups in total. The van der Waals surface area contributed by atoms with Crippen molar-refractivity contribution in [2.75, 3.05) is 26.3 Å². The molecule has 3 amide bonds. The highest BCUT2D eigenvalue weighted by Gasteiger charge is 2.44. The van der Waals surface area contributed by atoms with Gasteiger partial charge in [0.15, 0.2) is 0 Å². The van der Waals surface area contributed by atoms with Crippen LogP contribution in [-0.2, 0) is 25.7 Å². The van der Waals surface area contributed by atoms with Crippen molar-refractivity contribution in [3.63, 3.8) is 0 Å². The lowest BCUT2D eigenvalue weighted by molar-refractivity contribution is -0.144. The number of thiazole rings is 1. The zero-order valence-electron chi connectivity index (χ0n) is 21.8. The molecule has 0 saturated carbocycles. The van der Waals surface area contributed by atoms with E-state index < -0.39 is 35.4 Å². The molecular weight excluding hydrogens is 494 g/mol. The third kappa shape index (κ3) is 7.57. The topological polar surface area (TPSA) is 147 Å². The fourth-order valence-corrected chi connectivity index (χ4v) is 5.04. The van der Waals surface area contributed by atoms with E-state index in [0.29, 0.717) is 0 Å². The molecule has 3 unspecified atom stereocenters. The first kappa shape index (κ1) is 28.7. The quantitative estimate of drug-likeness (QED) is 0.337. The minimum atomic E-state index is -0.898. The van der Waals surface area contributed by atoms with Gasteiger partial charge in [0.05, 0.1) is 28.8 Å². The van der Waals surface area contributed by atoms with E-state index in [1.807, 2.05) is 57.5 Å². The Morgan fingerprint density at radius 2 is 1.97 bits per heavy atom. The number of rotatable bonds is 10. The van der Waals surface area contributed by atoms with E-state index in [2.05, 4.69) is 15.6 Å². The summed E-state index contributed by atoms with van der Waals surface area (Å²) >= 11 is 1.58. The van der Waals surface area contributed by atoms with Gasteiger partial charge in [-0.1, -0.05) is 45.0 Å². The molecule has 1 saturated heterocycles. The van der Waals surface area contributed by atoms with Crippen molar-refractivity contribution in [1.82, 2.24) is 20.5 Å². The number of ether oxygens (including phenoxy) is 1. The summed E-state index contributed by atoms with van der Waals surface area (Å²) in [6.45, 7) is 8.06. The number of aliphatic hydroxyl groups is 1. The number of β-amino-alcohol motifs (C(OH)–C–C–N with tert-alkyl or cyclic N) is 1. The maximum Gasteiger partial charge on any atom is 0.246 e. The average Bonchev–Trinajstić information content (AvgIpc) is 3.46. The summed E-state index contributed by atoms with van der Waals surface area (Å²) in [5.74, 6) is -1.21. The molecule has 1 aromatic heterocycles. The van der Waals surface area contributed by atoms with Crippen molar-refractivity contribution in [2.45, 2.75) is 58.8 Å². The Kier molecular flexibility index (Phi) is 9.77. The first-order valence-electron chi connectivity index (χ1n) is 12.3. The number of amides is 3. The van der Waals surface area contributed by atoms with E-state index in [1.54, 1.807) is 11.3 Å². The Balaban J connectivity index is 1.65. The van der Waals surface area contributed by atoms with E-state index >= 15 is 0 Å². The van der Waals surface area contributed by atoms with Crippen LogP contribution < -0.4 is 16.4 Å². The molecule has 202 valence electrons. The number of likely N-dealkylation sites (tertiary alicyclic amines) is 1. The molecule has 2 heterocycles. The average molecular weight is 532 g/mol. The first-order valence-corrected chi connectivity index (χ1v) is 13.2. The zero-order chi connectivity index (χ0) is 27.2. The number of benzene rings is 1. The molecule has 1 aromatic carbocycles. The summed E-state index contributed by atoms with van der Waals surface area (Å²) in [6, 6.07) is 6.13. The summed E-state index contributed by atoms with van der Waals surface area (Å²) in [6.07, 6.45) is -0.697. The Hall–Kier alpha value is -2.86. The first-order chi connectivity index (χ1) is 17.5. The lowest BCUT2D eigenvalue weighted by Crippen LogP contribution is -2.58. The third-order valence-electron chi connectivity index (χ3n) is 6.21. The molecule has 0 radical (unpaired) electrons. The molecule has 1 aliphatic heterocycles. The van der Waals surface area contributed by atoms with Crippen LogP contribution in [0.3, 0.4) is 0 Å². The van der Waals surface area contributed by atoms with Crippen molar-refractivity contribution in [2.24, 2.45) is 11.1 Å². The van der Waals surface area contributed by atoms with Gasteiger partial charge in [-0.2, -0.15) is 0 Å². The summed E-state index contributed by atoms with van der Waals surface area (Å²) in [5, 5.41) is 15.9. The highest BCUT2D eigenvalue weighted by molar-refractivity contribution is 7.13. The molecule has 0 spiro atoms. The highest BCUT2D eigenvalue weighted by atomic mass is 32.1. The third-order valence-corrected chi connectivity index (χ3v) is 7.18. The molecule has 10 nitrogen and oxygen atoms in total. The van der Waals surface area contributed by atoms with Gasteiger partial charge in [0.1, 0.15) is 18.7 Å². The standard InChI is InChI=1S/C26H37N5O5S/c1-16-22(37-15-29-16)18-7-5-17(6-8-18)12-28-24(34)20-11-19(32)13-31(20)25(35)23(26(2,3)4)30-21(33)14-36-10-9-27/h5-8,15,19-20,23,32H,9-14,27H2,1-4H3,(H,28,34)(H,30,33). The molecule has 37 heavy (non-hydrogen) atoms. The van der Waals surface area contributed by atoms with Gasteiger partial charge in [0.25, 0.3) is 0 Å². The molecule has 2 aromatic rings. The van der Waals surface area contributed by atoms with Crippen LogP contribution >= 0.6 is 11.3 Å². The van der Waals surface area contributed by atoms with Crippen LogP contribution in [0.25, 0.3) is 10.4 Å². The predicted molar refractivity (Wildman–Crippen MR) is 142 cm³/mol. The summed E-state index contributed by atoms with van der Waals surface area (Å²) in [7, 11) is 0. The number of carbonyl (C=O) groups is 3. The summed E-state index contributed by atoms with van der Waals surface area (Å²) in [4.78, 5) is 45.8. The number of hydrogen-bond acceptors (Lipinski definition) is 8. The highest BCUT2D eigenvalue weighted by Crippen LogP contribution is 2.28. The second-order valence-corrected chi connectivity index (χ2v) is 11.1. The van der Waals surface area contributed by atoms with E-state index in [9.17, 15) is 19.5 Å². The number of nitrogens with zero attached hydrogens (tertiary/aromatic N) is 2. The number of carbonyl (C=O) groups excluding carboxylic acids is 3. The summed E-state index contributed by atoms with van der Waals surface area (Å²) < 4.78 is 5.18. The number of hydrogen-bond donors (Lipinski definition) is 4. The van der Waals surface area contributed by atoms with Crippen molar-refractivity contribution in [1.29, 1.82) is 0 Å². The van der Waals surface area contributed by atoms with E-state index in [0.717, 1.165) is 21.7 Å². The monoisotopic (exact) mass is 531 g/mol. The number of aryl methyl sites for hydroxylation is 1. The van der Waals surface area contributed by atoms with Gasteiger partial charge < -0.3 is 31.1 Å². The van der Waals surface area contributed by atoms with Crippen LogP contribution in [0, 0.1) is 12.3 Å². The Morgan fingerprint density at radius 1 is 1.27 bits per heavy atom. The molecule has 11 heteroatoms. The SMILES string of the molecule is Cc1ncsc1-c1ccc(CNC(=O)C2CC(O)CN2C(=O)C(NC(=O)COCCN)C(C)(C)C)cc1. The van der Waals surface area contributed by atoms with Crippen LogP contribution in [0.5, 0.6) is 0 Å². The molecule has 0 bridgehead atoms. The zero-order valence-corrected chi connectivity index (χ0v) is 22.6. The Bertz CT molecular complexity index is 1080. The molecular formula is C26H37N5O5S. The molecule has 1 fully saturated rings. The van der Waals surface area contributed by atoms with Gasteiger partial charge in [-0.15, -0.1) is 11.3 Å². The van der Waals surface area contributed by atoms with Crippen LogP contribution in [0.1, 0.15) is 38.4 Å². The number of aliphatic hydroxyl groups excluding tert-OH is 1. The summed E-state index contributed by atoms with van der Waals surface area (Å²) in [5.41, 5.74) is 9.52. The lowest BCUT2D eigenvalue weighted by atomic mass is 9.85. The maximum absolute atomic E-state index is 13.5. The van der Waals surface area contributed by atoms with Crippen LogP contribution in [0.15, 0.2) is 29.8 Å². The van der Waals surface area contributed by atoms with Gasteiger partial charge in [-0.3, -0.25) is 14.4 Å². The van der Waals surface area contributed by atoms with Crippen molar-refractivity contribution in [3.8, 4) is 10.4 Å². The predicted octanol–water partition coefficient (Wildman–Crippen LogP) is 1.20. The number of aromatic nitrogens is 1. The second-order valence-electron chi connectivity index (χ2n) is 10.3. The normalized spacial score (nSPS) is 18.5. The lowest BCUT2D eigenvalue weighted by Gasteiger charge is -2.35. The van der Waals surface area contributed by atoms with Gasteiger partial charge in [-0.25, -0.2) is 4.98 Å². The maximum atomic E-state index is 13.5. The minimum absolute atomic E-state index is 0.0198. The van der Waals surface area contributed by atoms with E-state index in [1.165, 1.54) is 4.90 Å². The van der Waals surface area contributed by atoms with Crippen LogP contribution in [0.2, 0.25) is 0 Å². The van der Waals surface area contributed by atoms with Gasteiger partial charge in [0.2, 0.25) is 17.7 Å². The second kappa shape index (κ2) is 12.6. The number of nitrogens with two attached hydrogens (primary N) is 1. The largest absolute Gasteiger partial charge is 0.391 e.